The maximum atomic E-state index is 12.3. The Morgan fingerprint density at radius 1 is 1.28 bits per heavy atom. The number of nitrogen functional groups attached to an aromatic ring is 1. The predicted octanol–water partition coefficient (Wildman–Crippen LogP) is 1.07. The molecule has 1 aromatic carbocycles. The molecule has 1 aliphatic heterocycles. The summed E-state index contributed by atoms with van der Waals surface area (Å²) in [7, 11) is 1.31. The molecule has 9 heteroatoms. The van der Waals surface area contributed by atoms with Gasteiger partial charge in [0.1, 0.15) is 5.84 Å². The van der Waals surface area contributed by atoms with Crippen molar-refractivity contribution in [3.8, 4) is 0 Å². The van der Waals surface area contributed by atoms with E-state index >= 15 is 0 Å². The van der Waals surface area contributed by atoms with Gasteiger partial charge >= 0.3 is 5.97 Å². The van der Waals surface area contributed by atoms with Crippen LogP contribution in [0.25, 0.3) is 0 Å². The van der Waals surface area contributed by atoms with E-state index in [0.29, 0.717) is 24.9 Å². The molecule has 1 saturated carbocycles. The molecular formula is C20H27ClN4O4. The minimum Gasteiger partial charge on any atom is -0.469 e. The Balaban J connectivity index is 0.00000300. The Bertz CT molecular complexity index is 783. The van der Waals surface area contributed by atoms with Crippen LogP contribution in [0.15, 0.2) is 24.3 Å². The van der Waals surface area contributed by atoms with Gasteiger partial charge in [-0.3, -0.25) is 19.8 Å². The third kappa shape index (κ3) is 5.69. The number of hydrogen-bond acceptors (Lipinski definition) is 5. The molecule has 2 amide bonds. The van der Waals surface area contributed by atoms with Gasteiger partial charge in [-0.2, -0.15) is 0 Å². The highest BCUT2D eigenvalue weighted by atomic mass is 35.5. The van der Waals surface area contributed by atoms with Crippen molar-refractivity contribution in [3.63, 3.8) is 0 Å². The zero-order valence-electron chi connectivity index (χ0n) is 16.3. The number of carbonyl (C=O) groups is 3. The van der Waals surface area contributed by atoms with E-state index in [-0.39, 0.29) is 66.2 Å². The summed E-state index contributed by atoms with van der Waals surface area (Å²) >= 11 is 0. The summed E-state index contributed by atoms with van der Waals surface area (Å²) in [5.74, 6) is -0.632. The molecule has 1 heterocycles. The molecule has 5 N–H and O–H groups in total. The van der Waals surface area contributed by atoms with E-state index < -0.39 is 0 Å². The summed E-state index contributed by atoms with van der Waals surface area (Å²) in [4.78, 5) is 35.6. The van der Waals surface area contributed by atoms with Crippen LogP contribution >= 0.6 is 12.4 Å². The minimum atomic E-state index is -0.384. The van der Waals surface area contributed by atoms with Crippen LogP contribution in [0.3, 0.4) is 0 Å². The number of rotatable bonds is 8. The van der Waals surface area contributed by atoms with Gasteiger partial charge < -0.3 is 21.1 Å². The molecule has 0 spiro atoms. The first-order valence-corrected chi connectivity index (χ1v) is 9.48. The zero-order valence-corrected chi connectivity index (χ0v) is 17.1. The number of nitrogens with two attached hydrogens (primary N) is 1. The van der Waals surface area contributed by atoms with Crippen molar-refractivity contribution >= 4 is 36.0 Å². The summed E-state index contributed by atoms with van der Waals surface area (Å²) in [6, 6.07) is 7.42. The van der Waals surface area contributed by atoms with Crippen molar-refractivity contribution in [3.05, 3.63) is 35.4 Å². The highest BCUT2D eigenvalue weighted by Gasteiger charge is 2.43. The number of hydrogen-bond donors (Lipinski definition) is 4. The van der Waals surface area contributed by atoms with Crippen LogP contribution in [0.5, 0.6) is 0 Å². The van der Waals surface area contributed by atoms with E-state index in [2.05, 4.69) is 15.4 Å². The Labute approximate surface area is 175 Å². The van der Waals surface area contributed by atoms with E-state index in [0.717, 1.165) is 12.0 Å². The Kier molecular flexibility index (Phi) is 7.61. The fourth-order valence-corrected chi connectivity index (χ4v) is 3.74. The van der Waals surface area contributed by atoms with E-state index in [9.17, 15) is 14.4 Å². The lowest BCUT2D eigenvalue weighted by molar-refractivity contribution is -0.143. The molecule has 0 aromatic heterocycles. The van der Waals surface area contributed by atoms with Crippen molar-refractivity contribution in [2.45, 2.75) is 37.6 Å². The van der Waals surface area contributed by atoms with E-state index in [1.165, 1.54) is 7.11 Å². The molecule has 0 bridgehead atoms. The number of nitrogens with one attached hydrogen (secondary N) is 3. The van der Waals surface area contributed by atoms with Crippen molar-refractivity contribution < 1.29 is 19.1 Å². The molecule has 158 valence electrons. The number of amides is 2. The lowest BCUT2D eigenvalue weighted by Gasteiger charge is -2.11. The molecule has 0 radical (unpaired) electrons. The number of ether oxygens (including phenoxy) is 1. The van der Waals surface area contributed by atoms with Gasteiger partial charge in [-0.05, 0) is 30.7 Å². The number of halogens is 1. The predicted molar refractivity (Wildman–Crippen MR) is 110 cm³/mol. The van der Waals surface area contributed by atoms with E-state index in [4.69, 9.17) is 11.1 Å². The first-order valence-electron chi connectivity index (χ1n) is 9.48. The van der Waals surface area contributed by atoms with Crippen LogP contribution in [0, 0.1) is 17.2 Å². The molecule has 2 fully saturated rings. The second-order valence-electron chi connectivity index (χ2n) is 7.48. The Morgan fingerprint density at radius 2 is 1.97 bits per heavy atom. The van der Waals surface area contributed by atoms with Crippen molar-refractivity contribution in [1.29, 1.82) is 5.41 Å². The number of benzene rings is 1. The summed E-state index contributed by atoms with van der Waals surface area (Å²) in [6.07, 6.45) is 2.13. The van der Waals surface area contributed by atoms with Crippen molar-refractivity contribution in [1.82, 2.24) is 10.6 Å². The summed E-state index contributed by atoms with van der Waals surface area (Å²) < 4.78 is 4.61. The van der Waals surface area contributed by atoms with Crippen LogP contribution in [0.1, 0.15) is 42.7 Å². The maximum absolute atomic E-state index is 12.3. The average Bonchev–Trinajstić information content (AvgIpc) is 3.41. The van der Waals surface area contributed by atoms with Crippen LogP contribution in [0.4, 0.5) is 0 Å². The van der Waals surface area contributed by atoms with Gasteiger partial charge in [-0.15, -0.1) is 12.4 Å². The van der Waals surface area contributed by atoms with E-state index in [1.54, 1.807) is 12.1 Å². The number of esters is 1. The van der Waals surface area contributed by atoms with Gasteiger partial charge in [-0.1, -0.05) is 24.3 Å². The van der Waals surface area contributed by atoms with Gasteiger partial charge in [0.05, 0.1) is 19.4 Å². The SMILES string of the molecule is COC(=O)C[C@@H]1C[C@@H](CCNC(=O)C2CC2c2ccc(C(=N)N)cc2)NC1=O.Cl. The van der Waals surface area contributed by atoms with Crippen molar-refractivity contribution in [2.75, 3.05) is 13.7 Å². The van der Waals surface area contributed by atoms with Gasteiger partial charge in [0.15, 0.2) is 0 Å². The topological polar surface area (TPSA) is 134 Å². The third-order valence-electron chi connectivity index (χ3n) is 5.50. The maximum Gasteiger partial charge on any atom is 0.306 e. The van der Waals surface area contributed by atoms with E-state index in [1.807, 2.05) is 12.1 Å². The lowest BCUT2D eigenvalue weighted by atomic mass is 10.00. The molecule has 8 nitrogen and oxygen atoms in total. The lowest BCUT2D eigenvalue weighted by Crippen LogP contribution is -2.33. The Hall–Kier alpha value is -2.61. The highest BCUT2D eigenvalue weighted by Crippen LogP contribution is 2.47. The summed E-state index contributed by atoms with van der Waals surface area (Å²) in [6.45, 7) is 0.487. The fourth-order valence-electron chi connectivity index (χ4n) is 3.74. The summed E-state index contributed by atoms with van der Waals surface area (Å²) in [5, 5.41) is 13.2. The molecular weight excluding hydrogens is 396 g/mol. The summed E-state index contributed by atoms with van der Waals surface area (Å²) in [5.41, 5.74) is 7.21. The quantitative estimate of drug-likeness (QED) is 0.282. The van der Waals surface area contributed by atoms with Crippen LogP contribution in [-0.4, -0.2) is 43.3 Å². The normalized spacial score (nSPS) is 24.8. The highest BCUT2D eigenvalue weighted by molar-refractivity contribution is 5.95. The molecule has 2 unspecified atom stereocenters. The average molecular weight is 423 g/mol. The van der Waals surface area contributed by atoms with Gasteiger partial charge in [0.25, 0.3) is 0 Å². The van der Waals surface area contributed by atoms with Crippen LogP contribution in [-0.2, 0) is 19.1 Å². The molecule has 1 aliphatic carbocycles. The smallest absolute Gasteiger partial charge is 0.306 e. The van der Waals surface area contributed by atoms with Gasteiger partial charge in [0.2, 0.25) is 11.8 Å². The number of methoxy groups -OCH3 is 1. The third-order valence-corrected chi connectivity index (χ3v) is 5.50. The van der Waals surface area contributed by atoms with Gasteiger partial charge in [-0.25, -0.2) is 0 Å². The minimum absolute atomic E-state index is 0. The van der Waals surface area contributed by atoms with Gasteiger partial charge in [0, 0.05) is 24.1 Å². The monoisotopic (exact) mass is 422 g/mol. The van der Waals surface area contributed by atoms with Crippen LogP contribution < -0.4 is 16.4 Å². The fraction of sp³-hybridized carbons (Fsp3) is 0.500. The first-order chi connectivity index (χ1) is 13.4. The molecule has 2 aliphatic rings. The largest absolute Gasteiger partial charge is 0.469 e. The molecule has 1 aromatic rings. The number of amidine groups is 1. The first kappa shape index (κ1) is 22.7. The zero-order chi connectivity index (χ0) is 20.3. The molecule has 1 saturated heterocycles. The number of carbonyl (C=O) groups excluding carboxylic acids is 3. The van der Waals surface area contributed by atoms with Crippen molar-refractivity contribution in [2.24, 2.45) is 17.6 Å². The molecule has 4 atom stereocenters. The molecule has 29 heavy (non-hydrogen) atoms. The molecule has 3 rings (SSSR count). The standard InChI is InChI=1S/C20H26N4O4.ClH/c1-28-17(25)9-13-8-14(24-19(13)26)6-7-23-20(27)16-10-15(16)11-2-4-12(5-3-11)18(21)22;/h2-5,13-16H,6-10H2,1H3,(H3,21,22)(H,23,27)(H,24,26);1H/t13-,14+,15?,16?;/m0./s1. The second kappa shape index (κ2) is 9.73. The van der Waals surface area contributed by atoms with Crippen LogP contribution in [0.2, 0.25) is 0 Å². The Morgan fingerprint density at radius 3 is 2.59 bits per heavy atom. The second-order valence-corrected chi connectivity index (χ2v) is 7.48.